The standard InChI is InChI=1S/C25H21ClF3N3O2/c1-15(16-6-7-18-11-22(34-2)9-8-17(18)10-16)24(33)30-14-21-13-23(25(27,28)29)31-32(21)20-5-3-4-19(26)12-20/h3-13,15H,14H2,1-2H3,(H,30,33). The highest BCUT2D eigenvalue weighted by Gasteiger charge is 2.35. The lowest BCUT2D eigenvalue weighted by Crippen LogP contribution is -2.28. The van der Waals surface area contributed by atoms with Crippen LogP contribution in [0.3, 0.4) is 0 Å². The van der Waals surface area contributed by atoms with Gasteiger partial charge in [-0.05, 0) is 59.7 Å². The Balaban J connectivity index is 1.55. The summed E-state index contributed by atoms with van der Waals surface area (Å²) in [5, 5.41) is 8.71. The lowest BCUT2D eigenvalue weighted by Gasteiger charge is -2.14. The molecule has 0 saturated heterocycles. The molecule has 0 saturated carbocycles. The van der Waals surface area contributed by atoms with Gasteiger partial charge in [-0.25, -0.2) is 4.68 Å². The van der Waals surface area contributed by atoms with Crippen molar-refractivity contribution in [1.82, 2.24) is 15.1 Å². The van der Waals surface area contributed by atoms with Gasteiger partial charge >= 0.3 is 6.18 Å². The summed E-state index contributed by atoms with van der Waals surface area (Å²) in [6.45, 7) is 1.61. The number of ether oxygens (including phenoxy) is 1. The first-order valence-electron chi connectivity index (χ1n) is 10.4. The van der Waals surface area contributed by atoms with Crippen LogP contribution in [0.4, 0.5) is 13.2 Å². The number of benzene rings is 3. The fourth-order valence-electron chi connectivity index (χ4n) is 3.64. The fourth-order valence-corrected chi connectivity index (χ4v) is 3.82. The maximum absolute atomic E-state index is 13.3. The normalized spacial score (nSPS) is 12.5. The average Bonchev–Trinajstić information content (AvgIpc) is 3.26. The molecule has 1 aromatic heterocycles. The molecule has 0 aliphatic carbocycles. The Morgan fingerprint density at radius 2 is 1.82 bits per heavy atom. The second kappa shape index (κ2) is 9.38. The largest absolute Gasteiger partial charge is 0.497 e. The van der Waals surface area contributed by atoms with Crippen LogP contribution in [0.5, 0.6) is 5.75 Å². The molecule has 0 aliphatic rings. The molecule has 1 N–H and O–H groups in total. The summed E-state index contributed by atoms with van der Waals surface area (Å²) in [6.07, 6.45) is -4.62. The summed E-state index contributed by atoms with van der Waals surface area (Å²) in [4.78, 5) is 12.9. The van der Waals surface area contributed by atoms with E-state index in [-0.39, 0.29) is 18.1 Å². The van der Waals surface area contributed by atoms with Gasteiger partial charge in [0.1, 0.15) is 5.75 Å². The Bertz CT molecular complexity index is 1350. The predicted molar refractivity (Wildman–Crippen MR) is 124 cm³/mol. The molecule has 0 radical (unpaired) electrons. The molecule has 3 aromatic carbocycles. The number of amides is 1. The van der Waals surface area contributed by atoms with E-state index in [1.54, 1.807) is 32.2 Å². The quantitative estimate of drug-likeness (QED) is 0.356. The van der Waals surface area contributed by atoms with E-state index < -0.39 is 17.8 Å². The van der Waals surface area contributed by atoms with E-state index in [2.05, 4.69) is 10.4 Å². The van der Waals surface area contributed by atoms with E-state index in [4.69, 9.17) is 16.3 Å². The zero-order valence-corrected chi connectivity index (χ0v) is 19.1. The van der Waals surface area contributed by atoms with Gasteiger partial charge in [0.2, 0.25) is 5.91 Å². The Morgan fingerprint density at radius 1 is 1.09 bits per heavy atom. The lowest BCUT2D eigenvalue weighted by molar-refractivity contribution is -0.141. The molecule has 5 nitrogen and oxygen atoms in total. The van der Waals surface area contributed by atoms with Crippen LogP contribution in [-0.4, -0.2) is 22.8 Å². The SMILES string of the molecule is COc1ccc2cc(C(C)C(=O)NCc3cc(C(F)(F)F)nn3-c3cccc(Cl)c3)ccc2c1. The van der Waals surface area contributed by atoms with Crippen LogP contribution in [0.15, 0.2) is 66.7 Å². The van der Waals surface area contributed by atoms with Gasteiger partial charge in [0.05, 0.1) is 31.0 Å². The monoisotopic (exact) mass is 487 g/mol. The van der Waals surface area contributed by atoms with Crippen molar-refractivity contribution in [2.75, 3.05) is 7.11 Å². The number of alkyl halides is 3. The maximum atomic E-state index is 13.3. The van der Waals surface area contributed by atoms with Gasteiger partial charge in [0.25, 0.3) is 0 Å². The lowest BCUT2D eigenvalue weighted by atomic mass is 9.97. The number of rotatable bonds is 6. The summed E-state index contributed by atoms with van der Waals surface area (Å²) >= 11 is 6.00. The number of aromatic nitrogens is 2. The third-order valence-corrected chi connectivity index (χ3v) is 5.77. The number of hydrogen-bond donors (Lipinski definition) is 1. The first-order chi connectivity index (χ1) is 16.2. The van der Waals surface area contributed by atoms with Crippen LogP contribution in [0.25, 0.3) is 16.5 Å². The fraction of sp³-hybridized carbons (Fsp3) is 0.200. The van der Waals surface area contributed by atoms with Crippen molar-refractivity contribution in [2.45, 2.75) is 25.6 Å². The van der Waals surface area contributed by atoms with E-state index in [0.717, 1.165) is 32.8 Å². The molecule has 4 rings (SSSR count). The van der Waals surface area contributed by atoms with E-state index in [1.807, 2.05) is 36.4 Å². The van der Waals surface area contributed by atoms with Crippen molar-refractivity contribution in [3.63, 3.8) is 0 Å². The molecule has 0 spiro atoms. The summed E-state index contributed by atoms with van der Waals surface area (Å²) in [5.74, 6) is -0.100. The first-order valence-corrected chi connectivity index (χ1v) is 10.8. The van der Waals surface area contributed by atoms with Gasteiger partial charge in [-0.15, -0.1) is 0 Å². The van der Waals surface area contributed by atoms with Crippen LogP contribution in [0.1, 0.15) is 29.8 Å². The van der Waals surface area contributed by atoms with E-state index in [0.29, 0.717) is 10.7 Å². The number of halogens is 4. The number of nitrogens with zero attached hydrogens (tertiary/aromatic N) is 2. The van der Waals surface area contributed by atoms with Crippen LogP contribution in [-0.2, 0) is 17.5 Å². The Morgan fingerprint density at radius 3 is 2.53 bits per heavy atom. The topological polar surface area (TPSA) is 56.1 Å². The van der Waals surface area contributed by atoms with Gasteiger partial charge in [0, 0.05) is 5.02 Å². The molecule has 34 heavy (non-hydrogen) atoms. The molecule has 1 atom stereocenters. The summed E-state index contributed by atoms with van der Waals surface area (Å²) in [6, 6.07) is 18.6. The zero-order chi connectivity index (χ0) is 24.5. The second-order valence-corrected chi connectivity index (χ2v) is 8.26. The number of methoxy groups -OCH3 is 1. The minimum atomic E-state index is -4.62. The van der Waals surface area contributed by atoms with Crippen molar-refractivity contribution in [2.24, 2.45) is 0 Å². The highest BCUT2D eigenvalue weighted by molar-refractivity contribution is 6.30. The molecule has 0 aliphatic heterocycles. The predicted octanol–water partition coefficient (Wildman–Crippen LogP) is 6.13. The summed E-state index contributed by atoms with van der Waals surface area (Å²) < 4.78 is 46.3. The minimum absolute atomic E-state index is 0.135. The third kappa shape index (κ3) is 5.02. The average molecular weight is 488 g/mol. The van der Waals surface area contributed by atoms with Gasteiger partial charge in [-0.2, -0.15) is 18.3 Å². The van der Waals surface area contributed by atoms with Gasteiger partial charge in [0.15, 0.2) is 5.69 Å². The Kier molecular flexibility index (Phi) is 6.52. The number of carbonyl (C=O) groups is 1. The zero-order valence-electron chi connectivity index (χ0n) is 18.4. The molecule has 176 valence electrons. The highest BCUT2D eigenvalue weighted by atomic mass is 35.5. The smallest absolute Gasteiger partial charge is 0.435 e. The van der Waals surface area contributed by atoms with E-state index in [9.17, 15) is 18.0 Å². The second-order valence-electron chi connectivity index (χ2n) is 7.82. The molecule has 9 heteroatoms. The Hall–Kier alpha value is -3.52. The molecular weight excluding hydrogens is 467 g/mol. The summed E-state index contributed by atoms with van der Waals surface area (Å²) in [5.41, 5.74) is 0.287. The number of hydrogen-bond acceptors (Lipinski definition) is 3. The third-order valence-electron chi connectivity index (χ3n) is 5.53. The molecule has 0 fully saturated rings. The highest BCUT2D eigenvalue weighted by Crippen LogP contribution is 2.30. The molecule has 1 unspecified atom stereocenters. The van der Waals surface area contributed by atoms with Crippen LogP contribution < -0.4 is 10.1 Å². The van der Waals surface area contributed by atoms with Crippen molar-refractivity contribution < 1.29 is 22.7 Å². The van der Waals surface area contributed by atoms with Crippen molar-refractivity contribution in [1.29, 1.82) is 0 Å². The van der Waals surface area contributed by atoms with Gasteiger partial charge < -0.3 is 10.1 Å². The van der Waals surface area contributed by atoms with Crippen molar-refractivity contribution in [3.05, 3.63) is 88.7 Å². The minimum Gasteiger partial charge on any atom is -0.497 e. The van der Waals surface area contributed by atoms with Crippen molar-refractivity contribution in [3.8, 4) is 11.4 Å². The molecule has 4 aromatic rings. The molecule has 0 bridgehead atoms. The number of nitrogens with one attached hydrogen (secondary N) is 1. The first kappa shape index (κ1) is 23.6. The maximum Gasteiger partial charge on any atom is 0.435 e. The van der Waals surface area contributed by atoms with Crippen LogP contribution >= 0.6 is 11.6 Å². The van der Waals surface area contributed by atoms with Gasteiger partial charge in [-0.3, -0.25) is 4.79 Å². The van der Waals surface area contributed by atoms with Crippen LogP contribution in [0.2, 0.25) is 5.02 Å². The Labute approximate surface area is 199 Å². The number of fused-ring (bicyclic) bond motifs is 1. The van der Waals surface area contributed by atoms with Gasteiger partial charge in [-0.1, -0.05) is 41.9 Å². The molecular formula is C25H21ClF3N3O2. The van der Waals surface area contributed by atoms with Crippen LogP contribution in [0, 0.1) is 0 Å². The van der Waals surface area contributed by atoms with Crippen molar-refractivity contribution >= 4 is 28.3 Å². The summed E-state index contributed by atoms with van der Waals surface area (Å²) in [7, 11) is 1.60. The number of carbonyl (C=O) groups excluding carboxylic acids is 1. The van der Waals surface area contributed by atoms with E-state index in [1.165, 1.54) is 6.07 Å². The van der Waals surface area contributed by atoms with E-state index >= 15 is 0 Å². The molecule has 1 heterocycles. The molecule has 1 amide bonds.